The van der Waals surface area contributed by atoms with Crippen LogP contribution in [0.1, 0.15) is 50.1 Å². The minimum atomic E-state index is -0.902. The lowest BCUT2D eigenvalue weighted by molar-refractivity contribution is -0.137. The summed E-state index contributed by atoms with van der Waals surface area (Å²) in [5.74, 6) is -0.184. The van der Waals surface area contributed by atoms with Gasteiger partial charge in [0.25, 0.3) is 0 Å². The van der Waals surface area contributed by atoms with E-state index >= 15 is 0 Å². The Labute approximate surface area is 165 Å². The monoisotopic (exact) mass is 379 g/mol. The molecule has 2 aromatic carbocycles. The number of ether oxygens (including phenoxy) is 1. The molecule has 0 spiro atoms. The SMILES string of the molecule is COc1ccc(C(C)(C)C)cc1-c1cccc([C@H](CC(=O)O)c2ncco2)c1. The second-order valence-electron chi connectivity index (χ2n) is 7.81. The largest absolute Gasteiger partial charge is 0.496 e. The van der Waals surface area contributed by atoms with Gasteiger partial charge in [-0.15, -0.1) is 0 Å². The Morgan fingerprint density at radius 3 is 2.61 bits per heavy atom. The number of hydrogen-bond acceptors (Lipinski definition) is 4. The van der Waals surface area contributed by atoms with Crippen LogP contribution in [-0.2, 0) is 10.2 Å². The first-order valence-electron chi connectivity index (χ1n) is 9.19. The molecule has 0 aliphatic carbocycles. The second kappa shape index (κ2) is 7.89. The smallest absolute Gasteiger partial charge is 0.304 e. The maximum atomic E-state index is 11.4. The van der Waals surface area contributed by atoms with E-state index in [0.717, 1.165) is 22.4 Å². The summed E-state index contributed by atoms with van der Waals surface area (Å²) in [5, 5.41) is 9.35. The van der Waals surface area contributed by atoms with Gasteiger partial charge in [-0.1, -0.05) is 51.1 Å². The van der Waals surface area contributed by atoms with Crippen LogP contribution in [0.3, 0.4) is 0 Å². The molecular formula is C23H25NO4. The molecule has 0 aliphatic heterocycles. The van der Waals surface area contributed by atoms with Gasteiger partial charge in [0.15, 0.2) is 0 Å². The Balaban J connectivity index is 2.09. The fourth-order valence-electron chi connectivity index (χ4n) is 3.25. The molecule has 3 aromatic rings. The fourth-order valence-corrected chi connectivity index (χ4v) is 3.25. The average molecular weight is 379 g/mol. The van der Waals surface area contributed by atoms with Crippen molar-refractivity contribution < 1.29 is 19.1 Å². The zero-order valence-corrected chi connectivity index (χ0v) is 16.6. The first kappa shape index (κ1) is 19.7. The molecule has 0 fully saturated rings. The Morgan fingerprint density at radius 2 is 2.00 bits per heavy atom. The van der Waals surface area contributed by atoms with Crippen LogP contribution in [-0.4, -0.2) is 23.2 Å². The molecular weight excluding hydrogens is 354 g/mol. The summed E-state index contributed by atoms with van der Waals surface area (Å²) in [5.41, 5.74) is 3.97. The molecule has 0 saturated heterocycles. The third-order valence-electron chi connectivity index (χ3n) is 4.79. The number of benzene rings is 2. The maximum absolute atomic E-state index is 11.4. The van der Waals surface area contributed by atoms with E-state index in [2.05, 4.69) is 37.9 Å². The Bertz CT molecular complexity index is 955. The van der Waals surface area contributed by atoms with Gasteiger partial charge in [-0.3, -0.25) is 4.79 Å². The minimum absolute atomic E-state index is 0.00254. The molecule has 5 nitrogen and oxygen atoms in total. The van der Waals surface area contributed by atoms with Crippen LogP contribution in [0.2, 0.25) is 0 Å². The number of aromatic nitrogens is 1. The van der Waals surface area contributed by atoms with Crippen molar-refractivity contribution in [1.29, 1.82) is 0 Å². The Kier molecular flexibility index (Phi) is 5.54. The van der Waals surface area contributed by atoms with Gasteiger partial charge in [0.2, 0.25) is 5.89 Å². The lowest BCUT2D eigenvalue weighted by Crippen LogP contribution is -2.11. The zero-order chi connectivity index (χ0) is 20.3. The second-order valence-corrected chi connectivity index (χ2v) is 7.81. The first-order valence-corrected chi connectivity index (χ1v) is 9.19. The van der Waals surface area contributed by atoms with Crippen molar-refractivity contribution in [1.82, 2.24) is 4.98 Å². The molecule has 0 aliphatic rings. The third-order valence-corrected chi connectivity index (χ3v) is 4.79. The maximum Gasteiger partial charge on any atom is 0.304 e. The van der Waals surface area contributed by atoms with E-state index in [1.165, 1.54) is 18.0 Å². The Morgan fingerprint density at radius 1 is 1.21 bits per heavy atom. The van der Waals surface area contributed by atoms with Crippen LogP contribution in [0, 0.1) is 0 Å². The number of rotatable bonds is 6. The van der Waals surface area contributed by atoms with Gasteiger partial charge in [-0.25, -0.2) is 4.98 Å². The molecule has 3 rings (SSSR count). The number of nitrogens with zero attached hydrogens (tertiary/aromatic N) is 1. The van der Waals surface area contributed by atoms with Crippen LogP contribution < -0.4 is 4.74 Å². The zero-order valence-electron chi connectivity index (χ0n) is 16.6. The van der Waals surface area contributed by atoms with Crippen molar-refractivity contribution in [2.45, 2.75) is 38.5 Å². The van der Waals surface area contributed by atoms with Crippen LogP contribution >= 0.6 is 0 Å². The molecule has 28 heavy (non-hydrogen) atoms. The highest BCUT2D eigenvalue weighted by Crippen LogP contribution is 2.37. The molecule has 146 valence electrons. The molecule has 1 heterocycles. The number of carboxylic acids is 1. The summed E-state index contributed by atoms with van der Waals surface area (Å²) in [6, 6.07) is 14.0. The van der Waals surface area contributed by atoms with Crippen LogP contribution in [0.15, 0.2) is 59.3 Å². The Hall–Kier alpha value is -3.08. The third kappa shape index (κ3) is 4.25. The van der Waals surface area contributed by atoms with Crippen molar-refractivity contribution in [3.05, 3.63) is 71.9 Å². The van der Waals surface area contributed by atoms with Crippen molar-refractivity contribution in [2.75, 3.05) is 7.11 Å². The molecule has 0 bridgehead atoms. The van der Waals surface area contributed by atoms with Crippen LogP contribution in [0.5, 0.6) is 5.75 Å². The van der Waals surface area contributed by atoms with Crippen molar-refractivity contribution in [3.63, 3.8) is 0 Å². The predicted octanol–water partition coefficient (Wildman–Crippen LogP) is 5.25. The first-order chi connectivity index (χ1) is 13.3. The van der Waals surface area contributed by atoms with E-state index in [9.17, 15) is 9.90 Å². The van der Waals surface area contributed by atoms with Gasteiger partial charge >= 0.3 is 5.97 Å². The lowest BCUT2D eigenvalue weighted by Gasteiger charge is -2.21. The molecule has 0 amide bonds. The van der Waals surface area contributed by atoms with E-state index in [1.54, 1.807) is 7.11 Å². The number of aliphatic carboxylic acids is 1. The van der Waals surface area contributed by atoms with E-state index in [0.29, 0.717) is 5.89 Å². The molecule has 1 N–H and O–H groups in total. The molecule has 0 saturated carbocycles. The van der Waals surface area contributed by atoms with Gasteiger partial charge < -0.3 is 14.3 Å². The summed E-state index contributed by atoms with van der Waals surface area (Å²) < 4.78 is 11.0. The summed E-state index contributed by atoms with van der Waals surface area (Å²) in [4.78, 5) is 15.6. The average Bonchev–Trinajstić information content (AvgIpc) is 3.19. The van der Waals surface area contributed by atoms with Gasteiger partial charge in [0.1, 0.15) is 12.0 Å². The van der Waals surface area contributed by atoms with E-state index in [4.69, 9.17) is 9.15 Å². The highest BCUT2D eigenvalue weighted by molar-refractivity contribution is 5.73. The summed E-state index contributed by atoms with van der Waals surface area (Å²) >= 11 is 0. The number of oxazole rings is 1. The summed E-state index contributed by atoms with van der Waals surface area (Å²) in [6.45, 7) is 6.50. The topological polar surface area (TPSA) is 72.6 Å². The highest BCUT2D eigenvalue weighted by Gasteiger charge is 2.23. The quantitative estimate of drug-likeness (QED) is 0.633. The summed E-state index contributed by atoms with van der Waals surface area (Å²) in [6.07, 6.45) is 2.90. The highest BCUT2D eigenvalue weighted by atomic mass is 16.5. The van der Waals surface area contributed by atoms with Crippen molar-refractivity contribution >= 4 is 5.97 Å². The number of hydrogen-bond donors (Lipinski definition) is 1. The predicted molar refractivity (Wildman–Crippen MR) is 108 cm³/mol. The molecule has 1 atom stereocenters. The number of methoxy groups -OCH3 is 1. The summed E-state index contributed by atoms with van der Waals surface area (Å²) in [7, 11) is 1.65. The van der Waals surface area contributed by atoms with Crippen LogP contribution in [0.4, 0.5) is 0 Å². The fraction of sp³-hybridized carbons (Fsp3) is 0.304. The van der Waals surface area contributed by atoms with Crippen LogP contribution in [0.25, 0.3) is 11.1 Å². The van der Waals surface area contributed by atoms with E-state index in [-0.39, 0.29) is 11.8 Å². The molecule has 0 radical (unpaired) electrons. The lowest BCUT2D eigenvalue weighted by atomic mass is 9.84. The van der Waals surface area contributed by atoms with E-state index in [1.807, 2.05) is 30.3 Å². The number of carboxylic acid groups (broad SMARTS) is 1. The standard InChI is InChI=1S/C23H25NO4/c1-23(2,3)17-8-9-20(27-4)18(13-17)15-6-5-7-16(12-15)19(14-21(25)26)22-24-10-11-28-22/h5-13,19H,14H2,1-4H3,(H,25,26)/t19-/m0/s1. The van der Waals surface area contributed by atoms with Gasteiger partial charge in [0.05, 0.1) is 25.6 Å². The molecule has 0 unspecified atom stereocenters. The van der Waals surface area contributed by atoms with Gasteiger partial charge in [-0.05, 0) is 34.2 Å². The number of carbonyl (C=O) groups is 1. The van der Waals surface area contributed by atoms with Gasteiger partial charge in [0, 0.05) is 5.56 Å². The van der Waals surface area contributed by atoms with Crippen molar-refractivity contribution in [3.8, 4) is 16.9 Å². The minimum Gasteiger partial charge on any atom is -0.496 e. The van der Waals surface area contributed by atoms with Gasteiger partial charge in [-0.2, -0.15) is 0 Å². The van der Waals surface area contributed by atoms with Crippen molar-refractivity contribution in [2.24, 2.45) is 0 Å². The normalized spacial score (nSPS) is 12.6. The van der Waals surface area contributed by atoms with E-state index < -0.39 is 11.9 Å². The molecule has 1 aromatic heterocycles. The molecule has 5 heteroatoms.